The fraction of sp³-hybridized carbons (Fsp3) is 0.462. The number of amides is 1. The number of anilines is 1. The Kier molecular flexibility index (Phi) is 3.52. The van der Waals surface area contributed by atoms with Crippen LogP contribution >= 0.6 is 0 Å². The highest BCUT2D eigenvalue weighted by molar-refractivity contribution is 5.99. The van der Waals surface area contributed by atoms with E-state index in [1.807, 2.05) is 0 Å². The number of nitrogens with two attached hydrogens (primary N) is 1. The topological polar surface area (TPSA) is 64.3 Å². The van der Waals surface area contributed by atoms with E-state index in [9.17, 15) is 9.18 Å². The second-order valence-electron chi connectivity index (χ2n) is 4.66. The van der Waals surface area contributed by atoms with Gasteiger partial charge in [0.25, 0.3) is 0 Å². The number of carbonyl (C=O) groups excluding carboxylic acids is 1. The summed E-state index contributed by atoms with van der Waals surface area (Å²) in [5.74, 6) is -0.344. The van der Waals surface area contributed by atoms with Gasteiger partial charge in [0.2, 0.25) is 5.91 Å². The molecule has 5 heteroatoms. The monoisotopic (exact) mass is 252 g/mol. The molecular formula is C13H17FN2O2. The Labute approximate surface area is 105 Å². The van der Waals surface area contributed by atoms with Crippen molar-refractivity contribution < 1.29 is 13.9 Å². The summed E-state index contributed by atoms with van der Waals surface area (Å²) in [5.41, 5.74) is 5.68. The zero-order valence-corrected chi connectivity index (χ0v) is 10.3. The maximum Gasteiger partial charge on any atom is 0.244 e. The fourth-order valence-corrected chi connectivity index (χ4v) is 2.25. The van der Waals surface area contributed by atoms with Crippen molar-refractivity contribution in [3.63, 3.8) is 0 Å². The van der Waals surface area contributed by atoms with Crippen LogP contribution in [0.2, 0.25) is 0 Å². The molecule has 2 rings (SSSR count). The largest absolute Gasteiger partial charge is 0.494 e. The Balaban J connectivity index is 2.16. The molecule has 1 amide bonds. The second kappa shape index (κ2) is 4.94. The lowest BCUT2D eigenvalue weighted by molar-refractivity contribution is -0.121. The lowest BCUT2D eigenvalue weighted by atomic mass is 9.98. The summed E-state index contributed by atoms with van der Waals surface area (Å²) in [4.78, 5) is 12.1. The Morgan fingerprint density at radius 3 is 2.72 bits per heavy atom. The highest BCUT2D eigenvalue weighted by atomic mass is 19.1. The van der Waals surface area contributed by atoms with Crippen molar-refractivity contribution in [3.05, 3.63) is 24.0 Å². The molecule has 0 heterocycles. The molecule has 0 aliphatic heterocycles. The molecule has 0 unspecified atom stereocenters. The van der Waals surface area contributed by atoms with Crippen LogP contribution in [0.1, 0.15) is 25.7 Å². The standard InChI is InChI=1S/C13H17FN2O2/c1-18-11-8-9(14)4-5-10(11)16-12(17)13(15)6-2-3-7-13/h4-5,8H,2-3,6-7,15H2,1H3,(H,16,17). The van der Waals surface area contributed by atoms with E-state index in [1.165, 1.54) is 25.3 Å². The van der Waals surface area contributed by atoms with Crippen LogP contribution < -0.4 is 15.8 Å². The molecule has 0 bridgehead atoms. The molecule has 0 atom stereocenters. The summed E-state index contributed by atoms with van der Waals surface area (Å²) >= 11 is 0. The van der Waals surface area contributed by atoms with E-state index >= 15 is 0 Å². The first-order valence-electron chi connectivity index (χ1n) is 5.99. The summed E-state index contributed by atoms with van der Waals surface area (Å²) in [6.45, 7) is 0. The SMILES string of the molecule is COc1cc(F)ccc1NC(=O)C1(N)CCCC1. The van der Waals surface area contributed by atoms with Crippen LogP contribution in [0.15, 0.2) is 18.2 Å². The normalized spacial score (nSPS) is 17.5. The number of halogens is 1. The quantitative estimate of drug-likeness (QED) is 0.865. The number of hydrogen-bond donors (Lipinski definition) is 2. The van der Waals surface area contributed by atoms with Gasteiger partial charge in [0.05, 0.1) is 18.3 Å². The van der Waals surface area contributed by atoms with Gasteiger partial charge in [-0.15, -0.1) is 0 Å². The maximum atomic E-state index is 13.0. The van der Waals surface area contributed by atoms with E-state index in [0.29, 0.717) is 24.3 Å². The third-order valence-corrected chi connectivity index (χ3v) is 3.36. The molecule has 3 N–H and O–H groups in total. The predicted molar refractivity (Wildman–Crippen MR) is 67.0 cm³/mol. The van der Waals surface area contributed by atoms with Crippen LogP contribution in [0.5, 0.6) is 5.75 Å². The molecule has 1 aliphatic carbocycles. The first-order valence-corrected chi connectivity index (χ1v) is 5.99. The molecule has 4 nitrogen and oxygen atoms in total. The van der Waals surface area contributed by atoms with Crippen LogP contribution in [0.4, 0.5) is 10.1 Å². The highest BCUT2D eigenvalue weighted by Crippen LogP contribution is 2.30. The van der Waals surface area contributed by atoms with Crippen LogP contribution in [0, 0.1) is 5.82 Å². The third-order valence-electron chi connectivity index (χ3n) is 3.36. The fourth-order valence-electron chi connectivity index (χ4n) is 2.25. The molecule has 98 valence electrons. The number of methoxy groups -OCH3 is 1. The molecule has 1 aromatic rings. The smallest absolute Gasteiger partial charge is 0.244 e. The second-order valence-corrected chi connectivity index (χ2v) is 4.66. The molecule has 0 saturated heterocycles. The molecule has 0 radical (unpaired) electrons. The van der Waals surface area contributed by atoms with E-state index in [1.54, 1.807) is 0 Å². The zero-order chi connectivity index (χ0) is 13.2. The van der Waals surface area contributed by atoms with Gasteiger partial charge in [-0.1, -0.05) is 12.8 Å². The summed E-state index contributed by atoms with van der Waals surface area (Å²) in [5, 5.41) is 2.72. The zero-order valence-electron chi connectivity index (χ0n) is 10.3. The van der Waals surface area contributed by atoms with Crippen LogP contribution in [0.3, 0.4) is 0 Å². The summed E-state index contributed by atoms with van der Waals surface area (Å²) in [6, 6.07) is 3.98. The van der Waals surface area contributed by atoms with Gasteiger partial charge in [0.15, 0.2) is 0 Å². The molecule has 1 aliphatic rings. The highest BCUT2D eigenvalue weighted by Gasteiger charge is 2.37. The van der Waals surface area contributed by atoms with Gasteiger partial charge in [0, 0.05) is 6.07 Å². The number of benzene rings is 1. The third kappa shape index (κ3) is 2.46. The minimum atomic E-state index is -0.806. The molecule has 0 aromatic heterocycles. The van der Waals surface area contributed by atoms with Gasteiger partial charge in [-0.3, -0.25) is 4.79 Å². The Morgan fingerprint density at radius 2 is 2.11 bits per heavy atom. The van der Waals surface area contributed by atoms with E-state index in [-0.39, 0.29) is 5.91 Å². The number of nitrogens with one attached hydrogen (secondary N) is 1. The van der Waals surface area contributed by atoms with Crippen LogP contribution in [-0.2, 0) is 4.79 Å². The first-order chi connectivity index (χ1) is 8.55. The number of rotatable bonds is 3. The maximum absolute atomic E-state index is 13.0. The average Bonchev–Trinajstić information content (AvgIpc) is 2.79. The van der Waals surface area contributed by atoms with Gasteiger partial charge in [-0.05, 0) is 25.0 Å². The number of carbonyl (C=O) groups is 1. The molecule has 18 heavy (non-hydrogen) atoms. The molecular weight excluding hydrogens is 235 g/mol. The van der Waals surface area contributed by atoms with Crippen molar-refractivity contribution in [2.45, 2.75) is 31.2 Å². The minimum Gasteiger partial charge on any atom is -0.494 e. The number of hydrogen-bond acceptors (Lipinski definition) is 3. The van der Waals surface area contributed by atoms with Crippen LogP contribution in [-0.4, -0.2) is 18.6 Å². The Morgan fingerprint density at radius 1 is 1.44 bits per heavy atom. The average molecular weight is 252 g/mol. The molecule has 1 saturated carbocycles. The predicted octanol–water partition coefficient (Wildman–Crippen LogP) is 2.04. The Hall–Kier alpha value is -1.62. The lowest BCUT2D eigenvalue weighted by Crippen LogP contribution is -2.48. The van der Waals surface area contributed by atoms with Crippen molar-refractivity contribution in [1.82, 2.24) is 0 Å². The van der Waals surface area contributed by atoms with E-state index in [2.05, 4.69) is 5.32 Å². The van der Waals surface area contributed by atoms with Gasteiger partial charge in [-0.2, -0.15) is 0 Å². The van der Waals surface area contributed by atoms with Crippen LogP contribution in [0.25, 0.3) is 0 Å². The van der Waals surface area contributed by atoms with Gasteiger partial charge in [0.1, 0.15) is 11.6 Å². The van der Waals surface area contributed by atoms with Crippen molar-refractivity contribution in [3.8, 4) is 5.75 Å². The summed E-state index contributed by atoms with van der Waals surface area (Å²) in [7, 11) is 1.43. The molecule has 1 aromatic carbocycles. The van der Waals surface area contributed by atoms with Gasteiger partial charge in [-0.25, -0.2) is 4.39 Å². The van der Waals surface area contributed by atoms with Gasteiger partial charge < -0.3 is 15.8 Å². The molecule has 1 fully saturated rings. The first kappa shape index (κ1) is 12.8. The van der Waals surface area contributed by atoms with E-state index in [0.717, 1.165) is 12.8 Å². The van der Waals surface area contributed by atoms with E-state index < -0.39 is 11.4 Å². The van der Waals surface area contributed by atoms with E-state index in [4.69, 9.17) is 10.5 Å². The summed E-state index contributed by atoms with van der Waals surface area (Å²) < 4.78 is 18.1. The number of ether oxygens (including phenoxy) is 1. The minimum absolute atomic E-state index is 0.232. The summed E-state index contributed by atoms with van der Waals surface area (Å²) in [6.07, 6.45) is 3.29. The Bertz CT molecular complexity index is 456. The van der Waals surface area contributed by atoms with Crippen molar-refractivity contribution >= 4 is 11.6 Å². The molecule has 0 spiro atoms. The lowest BCUT2D eigenvalue weighted by Gasteiger charge is -2.22. The van der Waals surface area contributed by atoms with Gasteiger partial charge >= 0.3 is 0 Å². The van der Waals surface area contributed by atoms with Crippen molar-refractivity contribution in [1.29, 1.82) is 0 Å². The van der Waals surface area contributed by atoms with Crippen molar-refractivity contribution in [2.75, 3.05) is 12.4 Å². The van der Waals surface area contributed by atoms with Crippen molar-refractivity contribution in [2.24, 2.45) is 5.73 Å².